The van der Waals surface area contributed by atoms with E-state index in [0.717, 1.165) is 38.8 Å². The molecule has 0 spiro atoms. The quantitative estimate of drug-likeness (QED) is 0.896. The van der Waals surface area contributed by atoms with Crippen LogP contribution in [-0.4, -0.2) is 35.1 Å². The lowest BCUT2D eigenvalue weighted by Crippen LogP contribution is -2.41. The molecule has 0 saturated carbocycles. The van der Waals surface area contributed by atoms with E-state index in [9.17, 15) is 9.90 Å². The summed E-state index contributed by atoms with van der Waals surface area (Å²) in [6.45, 7) is 1.81. The van der Waals surface area contributed by atoms with Gasteiger partial charge in [-0.15, -0.1) is 11.3 Å². The molecule has 1 aliphatic heterocycles. The van der Waals surface area contributed by atoms with Crippen molar-refractivity contribution in [2.75, 3.05) is 13.1 Å². The molecule has 0 bridgehead atoms. The summed E-state index contributed by atoms with van der Waals surface area (Å²) in [5.41, 5.74) is 0. The topological polar surface area (TPSA) is 40.5 Å². The first-order valence-electron chi connectivity index (χ1n) is 6.26. The summed E-state index contributed by atoms with van der Waals surface area (Å²) in [6.07, 6.45) is 5.13. The zero-order valence-electron chi connectivity index (χ0n) is 9.97. The molecule has 1 aromatic rings. The van der Waals surface area contributed by atoms with Crippen LogP contribution < -0.4 is 0 Å². The predicted molar refractivity (Wildman–Crippen MR) is 69.5 cm³/mol. The Morgan fingerprint density at radius 1 is 1.47 bits per heavy atom. The fourth-order valence-corrected chi connectivity index (χ4v) is 3.12. The van der Waals surface area contributed by atoms with Crippen molar-refractivity contribution in [1.82, 2.24) is 4.90 Å². The molecule has 0 aliphatic carbocycles. The largest absolute Gasteiger partial charge is 0.480 e. The lowest BCUT2D eigenvalue weighted by atomic mass is 10.1. The summed E-state index contributed by atoms with van der Waals surface area (Å²) < 4.78 is 0. The van der Waals surface area contributed by atoms with Crippen LogP contribution in [0, 0.1) is 0 Å². The molecule has 1 aromatic heterocycles. The molecular weight excluding hydrogens is 234 g/mol. The highest BCUT2D eigenvalue weighted by molar-refractivity contribution is 7.09. The third-order valence-electron chi connectivity index (χ3n) is 3.37. The van der Waals surface area contributed by atoms with Crippen molar-refractivity contribution in [3.63, 3.8) is 0 Å². The molecule has 1 aliphatic rings. The van der Waals surface area contributed by atoms with Gasteiger partial charge < -0.3 is 5.11 Å². The summed E-state index contributed by atoms with van der Waals surface area (Å²) >= 11 is 1.75. The van der Waals surface area contributed by atoms with E-state index in [2.05, 4.69) is 22.4 Å². The van der Waals surface area contributed by atoms with Crippen molar-refractivity contribution in [2.45, 2.75) is 38.1 Å². The second-order valence-corrected chi connectivity index (χ2v) is 5.60. The molecular formula is C13H19NO2S. The molecule has 0 radical (unpaired) electrons. The summed E-state index contributed by atoms with van der Waals surface area (Å²) in [5, 5.41) is 11.3. The van der Waals surface area contributed by atoms with Crippen LogP contribution in [0.15, 0.2) is 17.5 Å². The first kappa shape index (κ1) is 12.6. The highest BCUT2D eigenvalue weighted by Gasteiger charge is 2.26. The lowest BCUT2D eigenvalue weighted by molar-refractivity contribution is -0.143. The van der Waals surface area contributed by atoms with Gasteiger partial charge in [0.25, 0.3) is 0 Å². The minimum atomic E-state index is -0.655. The number of carbonyl (C=O) groups is 1. The number of rotatable bonds is 4. The van der Waals surface area contributed by atoms with Crippen LogP contribution in [-0.2, 0) is 11.2 Å². The van der Waals surface area contributed by atoms with Gasteiger partial charge in [0.2, 0.25) is 0 Å². The first-order valence-corrected chi connectivity index (χ1v) is 7.14. The smallest absolute Gasteiger partial charge is 0.320 e. The summed E-state index contributed by atoms with van der Waals surface area (Å²) in [4.78, 5) is 14.7. The molecule has 4 heteroatoms. The van der Waals surface area contributed by atoms with Crippen molar-refractivity contribution in [3.05, 3.63) is 22.4 Å². The molecule has 2 rings (SSSR count). The fourth-order valence-electron chi connectivity index (χ4n) is 2.42. The molecule has 0 amide bonds. The standard InChI is InChI=1S/C13H19NO2S/c15-13(16)12-6-2-1-3-8-14(12)9-7-11-5-4-10-17-11/h4-5,10,12H,1-3,6-9H2,(H,15,16). The second kappa shape index (κ2) is 6.17. The van der Waals surface area contributed by atoms with Crippen LogP contribution >= 0.6 is 11.3 Å². The van der Waals surface area contributed by atoms with Crippen molar-refractivity contribution in [2.24, 2.45) is 0 Å². The van der Waals surface area contributed by atoms with Crippen molar-refractivity contribution in [1.29, 1.82) is 0 Å². The van der Waals surface area contributed by atoms with Crippen LogP contribution in [0.5, 0.6) is 0 Å². The average molecular weight is 253 g/mol. The van der Waals surface area contributed by atoms with Gasteiger partial charge in [-0.25, -0.2) is 0 Å². The molecule has 94 valence electrons. The maximum atomic E-state index is 11.2. The number of hydrogen-bond acceptors (Lipinski definition) is 3. The lowest BCUT2D eigenvalue weighted by Gasteiger charge is -2.26. The van der Waals surface area contributed by atoms with Gasteiger partial charge in [-0.1, -0.05) is 18.9 Å². The van der Waals surface area contributed by atoms with Crippen molar-refractivity contribution in [3.8, 4) is 0 Å². The van der Waals surface area contributed by atoms with Gasteiger partial charge in [0, 0.05) is 11.4 Å². The zero-order valence-corrected chi connectivity index (χ0v) is 10.8. The Morgan fingerprint density at radius 2 is 2.35 bits per heavy atom. The zero-order chi connectivity index (χ0) is 12.1. The molecule has 1 fully saturated rings. The molecule has 1 saturated heterocycles. The van der Waals surface area contributed by atoms with E-state index < -0.39 is 5.97 Å². The van der Waals surface area contributed by atoms with E-state index in [0.29, 0.717) is 0 Å². The Hall–Kier alpha value is -0.870. The van der Waals surface area contributed by atoms with Crippen LogP contribution in [0.25, 0.3) is 0 Å². The number of carboxylic acids is 1. The molecule has 3 nitrogen and oxygen atoms in total. The van der Waals surface area contributed by atoms with Gasteiger partial charge in [0.05, 0.1) is 0 Å². The van der Waals surface area contributed by atoms with Crippen molar-refractivity contribution < 1.29 is 9.90 Å². The Labute approximate surface area is 106 Å². The number of hydrogen-bond donors (Lipinski definition) is 1. The normalized spacial score (nSPS) is 22.2. The van der Waals surface area contributed by atoms with E-state index >= 15 is 0 Å². The van der Waals surface area contributed by atoms with Crippen LogP contribution in [0.3, 0.4) is 0 Å². The Bertz CT molecular complexity index is 350. The van der Waals surface area contributed by atoms with Gasteiger partial charge in [0.15, 0.2) is 0 Å². The number of likely N-dealkylation sites (tertiary alicyclic amines) is 1. The maximum Gasteiger partial charge on any atom is 0.320 e. The molecule has 0 aromatic carbocycles. The average Bonchev–Trinajstić information content (AvgIpc) is 2.70. The first-order chi connectivity index (χ1) is 8.27. The second-order valence-electron chi connectivity index (χ2n) is 4.57. The Morgan fingerprint density at radius 3 is 3.06 bits per heavy atom. The van der Waals surface area contributed by atoms with E-state index in [1.807, 2.05) is 0 Å². The maximum absolute atomic E-state index is 11.2. The van der Waals surface area contributed by atoms with Crippen LogP contribution in [0.4, 0.5) is 0 Å². The minimum Gasteiger partial charge on any atom is -0.480 e. The molecule has 1 unspecified atom stereocenters. The SMILES string of the molecule is O=C(O)C1CCCCCN1CCc1cccs1. The molecule has 1 N–H and O–H groups in total. The third kappa shape index (κ3) is 3.54. The van der Waals surface area contributed by atoms with Crippen LogP contribution in [0.2, 0.25) is 0 Å². The van der Waals surface area contributed by atoms with Gasteiger partial charge in [-0.3, -0.25) is 9.69 Å². The minimum absolute atomic E-state index is 0.266. The predicted octanol–water partition coefficient (Wildman–Crippen LogP) is 2.62. The highest BCUT2D eigenvalue weighted by Crippen LogP contribution is 2.18. The molecule has 2 heterocycles. The van der Waals surface area contributed by atoms with Gasteiger partial charge >= 0.3 is 5.97 Å². The number of aliphatic carboxylic acids is 1. The highest BCUT2D eigenvalue weighted by atomic mass is 32.1. The van der Waals surface area contributed by atoms with E-state index in [-0.39, 0.29) is 6.04 Å². The van der Waals surface area contributed by atoms with Gasteiger partial charge in [0.1, 0.15) is 6.04 Å². The number of thiophene rings is 1. The fraction of sp³-hybridized carbons (Fsp3) is 0.615. The van der Waals surface area contributed by atoms with E-state index in [1.54, 1.807) is 11.3 Å². The van der Waals surface area contributed by atoms with E-state index in [4.69, 9.17) is 0 Å². The Kier molecular flexibility index (Phi) is 4.57. The molecule has 17 heavy (non-hydrogen) atoms. The monoisotopic (exact) mass is 253 g/mol. The van der Waals surface area contributed by atoms with Gasteiger partial charge in [-0.05, 0) is 37.3 Å². The van der Waals surface area contributed by atoms with Crippen molar-refractivity contribution >= 4 is 17.3 Å². The third-order valence-corrected chi connectivity index (χ3v) is 4.31. The number of nitrogens with zero attached hydrogens (tertiary/aromatic N) is 1. The Balaban J connectivity index is 1.93. The summed E-state index contributed by atoms with van der Waals surface area (Å²) in [7, 11) is 0. The van der Waals surface area contributed by atoms with Gasteiger partial charge in [-0.2, -0.15) is 0 Å². The van der Waals surface area contributed by atoms with E-state index in [1.165, 1.54) is 11.3 Å². The molecule has 1 atom stereocenters. The number of carboxylic acid groups (broad SMARTS) is 1. The summed E-state index contributed by atoms with van der Waals surface area (Å²) in [6, 6.07) is 3.91. The van der Waals surface area contributed by atoms with Crippen LogP contribution in [0.1, 0.15) is 30.6 Å². The summed E-state index contributed by atoms with van der Waals surface area (Å²) in [5.74, 6) is -0.655.